The Balaban J connectivity index is 0.897. The van der Waals surface area contributed by atoms with E-state index < -0.39 is 0 Å². The molecule has 0 spiro atoms. The number of amides is 2. The Bertz CT molecular complexity index is 4440. The van der Waals surface area contributed by atoms with Crippen molar-refractivity contribution in [3.8, 4) is 20.9 Å². The van der Waals surface area contributed by atoms with E-state index in [0.29, 0.717) is 36.1 Å². The fourth-order valence-electron chi connectivity index (χ4n) is 17.9. The third-order valence-corrected chi connectivity index (χ3v) is 25.4. The van der Waals surface area contributed by atoms with Crippen LogP contribution in [0.25, 0.3) is 118 Å². The van der Waals surface area contributed by atoms with Crippen LogP contribution < -0.4 is 0 Å². The molecule has 0 aliphatic carbocycles. The number of unbranched alkanes of at least 4 members (excludes halogenated alkanes) is 24. The number of carbonyl (C=O) groups is 2. The second kappa shape index (κ2) is 33.2. The zero-order valence-corrected chi connectivity index (χ0v) is 62.4. The lowest BCUT2D eigenvalue weighted by molar-refractivity contribution is -0.124. The van der Waals surface area contributed by atoms with Crippen LogP contribution in [0, 0.1) is 11.8 Å². The Morgan fingerprint density at radius 1 is 0.270 bits per heavy atom. The lowest BCUT2D eigenvalue weighted by Gasteiger charge is -2.29. The highest BCUT2D eigenvalue weighted by molar-refractivity contribution is 7.17. The average molecular weight is 1360 g/mol. The van der Waals surface area contributed by atoms with Crippen molar-refractivity contribution in [3.63, 3.8) is 0 Å². The van der Waals surface area contributed by atoms with Gasteiger partial charge in [0.2, 0.25) is 0 Å². The molecular weight excluding hydrogens is 1250 g/mol. The van der Waals surface area contributed by atoms with Crippen molar-refractivity contribution >= 4 is 132 Å². The van der Waals surface area contributed by atoms with Gasteiger partial charge < -0.3 is 9.80 Å². The molecule has 2 atom stereocenters. The molecular formula is C94H108N2O2S2. The molecule has 0 N–H and O–H groups in total. The largest absolute Gasteiger partial charge is 0.306 e. The molecule has 0 saturated carbocycles. The molecule has 2 aliphatic heterocycles. The van der Waals surface area contributed by atoms with Crippen molar-refractivity contribution in [2.75, 3.05) is 13.1 Å². The van der Waals surface area contributed by atoms with Crippen molar-refractivity contribution in [1.82, 2.24) is 9.80 Å². The van der Waals surface area contributed by atoms with Gasteiger partial charge in [-0.2, -0.15) is 0 Å². The topological polar surface area (TPSA) is 40.6 Å². The minimum absolute atomic E-state index is 0.0176. The minimum Gasteiger partial charge on any atom is -0.306 e. The highest BCUT2D eigenvalue weighted by Crippen LogP contribution is 2.53. The summed E-state index contributed by atoms with van der Waals surface area (Å²) in [5.74, 6) is 0.675. The number of hydrogen-bond donors (Lipinski definition) is 0. The zero-order valence-electron chi connectivity index (χ0n) is 60.7. The molecule has 0 fully saturated rings. The monoisotopic (exact) mass is 1360 g/mol. The lowest BCUT2D eigenvalue weighted by atomic mass is 9.88. The second-order valence-electron chi connectivity index (χ2n) is 30.2. The van der Waals surface area contributed by atoms with Crippen molar-refractivity contribution in [2.24, 2.45) is 11.8 Å². The molecule has 4 nitrogen and oxygen atoms in total. The number of fused-ring (bicyclic) bond motifs is 5. The number of benzene rings is 10. The maximum atomic E-state index is 16.8. The number of nitrogens with zero attached hydrogens (tertiary/aromatic N) is 2. The summed E-state index contributed by atoms with van der Waals surface area (Å²) in [7, 11) is 0. The van der Waals surface area contributed by atoms with Gasteiger partial charge in [0.15, 0.2) is 0 Å². The molecule has 0 radical (unpaired) electrons. The molecule has 10 aromatic carbocycles. The van der Waals surface area contributed by atoms with Crippen LogP contribution >= 0.6 is 22.7 Å². The standard InChI is InChI=1S/C94H108N2O2S2/c1-5-9-13-17-21-23-27-31-41-65(39-29-25-19-15-11-7-3)63-95-91(83-61-59-81(99-83)69-55-57-79-75-49-35-45-67-43-33-47-73(85(67)75)77-53-37-51-71(69)87(77)79)89-90(93(95)97)92(96(94(89)98)64-66(40-30-26-20-16-12-8-4)42-32-28-24-22-18-14-10-6-2)84-62-60-82(100-84)70-56-58-80-76-50-36-46-68-44-34-48-74(86(68)76)78-54-38-52-72(70)88(78)80/h33-38,43-62,65-66H,5-32,39-42,63-64H2,1-4H3. The van der Waals surface area contributed by atoms with E-state index in [4.69, 9.17) is 0 Å². The fraction of sp³-hybridized carbons (Fsp3) is 0.426. The molecule has 0 bridgehead atoms. The van der Waals surface area contributed by atoms with Crippen LogP contribution in [0.4, 0.5) is 0 Å². The molecule has 2 amide bonds. The van der Waals surface area contributed by atoms with Gasteiger partial charge in [0.05, 0.1) is 32.3 Å². The molecule has 2 aromatic heterocycles. The predicted octanol–water partition coefficient (Wildman–Crippen LogP) is 28.8. The molecule has 4 heterocycles. The van der Waals surface area contributed by atoms with E-state index in [0.717, 1.165) is 56.6 Å². The first-order valence-corrected chi connectivity index (χ1v) is 41.5. The Hall–Kier alpha value is -7.38. The summed E-state index contributed by atoms with van der Waals surface area (Å²) < 4.78 is 0. The Kier molecular flexibility index (Phi) is 23.1. The molecule has 100 heavy (non-hydrogen) atoms. The quantitative estimate of drug-likeness (QED) is 0.0218. The minimum atomic E-state index is 0.0176. The Labute approximate surface area is 605 Å². The Morgan fingerprint density at radius 2 is 0.530 bits per heavy atom. The Morgan fingerprint density at radius 3 is 0.850 bits per heavy atom. The summed E-state index contributed by atoms with van der Waals surface area (Å²) in [5, 5.41) is 20.5. The van der Waals surface area contributed by atoms with E-state index in [-0.39, 0.29) is 11.8 Å². The molecule has 2 unspecified atom stereocenters. The van der Waals surface area contributed by atoms with Crippen LogP contribution in [0.3, 0.4) is 0 Å². The first-order valence-electron chi connectivity index (χ1n) is 39.9. The first-order chi connectivity index (χ1) is 49.4. The third-order valence-electron chi connectivity index (χ3n) is 23.2. The molecule has 0 saturated heterocycles. The van der Waals surface area contributed by atoms with Crippen LogP contribution in [-0.2, 0) is 9.59 Å². The van der Waals surface area contributed by atoms with Crippen LogP contribution in [0.5, 0.6) is 0 Å². The normalized spacial score (nSPS) is 14.4. The average Bonchev–Trinajstić information content (AvgIpc) is 1.27. The highest BCUT2D eigenvalue weighted by atomic mass is 32.1. The SMILES string of the molecule is CCCCCCCCCCC(CCCCCCCC)CN1C(=O)C2=C(c3ccc(-c4ccc5c6cccc7cccc(c8cccc4c85)c76)s3)N(CC(CCCCCCCC)CCCCCCCCCC)C(=O)C2=C1c1ccc(-c2ccc3c4cccc5cccc(c6cccc2c63)c54)s1. The van der Waals surface area contributed by atoms with Gasteiger partial charge in [-0.25, -0.2) is 0 Å². The van der Waals surface area contributed by atoms with E-state index in [2.05, 4.69) is 195 Å². The van der Waals surface area contributed by atoms with Crippen LogP contribution in [-0.4, -0.2) is 34.7 Å². The van der Waals surface area contributed by atoms with Gasteiger partial charge in [0, 0.05) is 22.8 Å². The van der Waals surface area contributed by atoms with E-state index in [9.17, 15) is 0 Å². The number of hydrogen-bond acceptors (Lipinski definition) is 4. The molecule has 2 aliphatic rings. The molecule has 14 rings (SSSR count). The summed E-state index contributed by atoms with van der Waals surface area (Å²) in [6.07, 6.45) is 39.8. The lowest BCUT2D eigenvalue weighted by Crippen LogP contribution is -2.34. The molecule has 6 heteroatoms. The molecule has 518 valence electrons. The van der Waals surface area contributed by atoms with Crippen molar-refractivity contribution < 1.29 is 9.59 Å². The van der Waals surface area contributed by atoms with E-state index >= 15 is 9.59 Å². The highest BCUT2D eigenvalue weighted by Gasteiger charge is 2.50. The summed E-state index contributed by atoms with van der Waals surface area (Å²) in [5.41, 5.74) is 5.35. The number of thiophene rings is 2. The maximum absolute atomic E-state index is 16.8. The summed E-state index contributed by atoms with van der Waals surface area (Å²) in [6.45, 7) is 10.5. The van der Waals surface area contributed by atoms with Gasteiger partial charge >= 0.3 is 0 Å². The van der Waals surface area contributed by atoms with E-state index in [1.54, 1.807) is 22.7 Å². The van der Waals surface area contributed by atoms with E-state index in [1.165, 1.54) is 277 Å². The van der Waals surface area contributed by atoms with Crippen LogP contribution in [0.15, 0.2) is 169 Å². The smallest absolute Gasteiger partial charge is 0.261 e. The van der Waals surface area contributed by atoms with Gasteiger partial charge in [0.1, 0.15) is 0 Å². The van der Waals surface area contributed by atoms with Gasteiger partial charge in [-0.1, -0.05) is 341 Å². The number of rotatable bonds is 40. The third kappa shape index (κ3) is 14.4. The van der Waals surface area contributed by atoms with Gasteiger partial charge in [-0.3, -0.25) is 9.59 Å². The van der Waals surface area contributed by atoms with E-state index in [1.807, 2.05) is 0 Å². The van der Waals surface area contributed by atoms with Crippen molar-refractivity contribution in [1.29, 1.82) is 0 Å². The van der Waals surface area contributed by atoms with Crippen molar-refractivity contribution in [2.45, 2.75) is 233 Å². The van der Waals surface area contributed by atoms with Crippen LogP contribution in [0.1, 0.15) is 243 Å². The number of carbonyl (C=O) groups excluding carboxylic acids is 2. The van der Waals surface area contributed by atoms with Crippen LogP contribution in [0.2, 0.25) is 0 Å². The summed E-state index contributed by atoms with van der Waals surface area (Å²) in [4.78, 5) is 42.3. The fourth-order valence-corrected chi connectivity index (χ4v) is 20.1. The van der Waals surface area contributed by atoms with Gasteiger partial charge in [-0.05, 0) is 159 Å². The van der Waals surface area contributed by atoms with Gasteiger partial charge in [-0.15, -0.1) is 22.7 Å². The molecule has 12 aromatic rings. The predicted molar refractivity (Wildman–Crippen MR) is 437 cm³/mol. The van der Waals surface area contributed by atoms with Crippen molar-refractivity contribution in [3.05, 3.63) is 179 Å². The summed E-state index contributed by atoms with van der Waals surface area (Å²) in [6, 6.07) is 59.3. The maximum Gasteiger partial charge on any atom is 0.261 e. The second-order valence-corrected chi connectivity index (χ2v) is 32.3. The zero-order chi connectivity index (χ0) is 68.3. The van der Waals surface area contributed by atoms with Gasteiger partial charge in [0.25, 0.3) is 11.8 Å². The summed E-state index contributed by atoms with van der Waals surface area (Å²) >= 11 is 3.55. The first kappa shape index (κ1) is 69.7.